The zero-order chi connectivity index (χ0) is 16.8. The second-order valence-electron chi connectivity index (χ2n) is 5.52. The van der Waals surface area contributed by atoms with E-state index in [-0.39, 0.29) is 24.8 Å². The summed E-state index contributed by atoms with van der Waals surface area (Å²) in [7, 11) is 0. The first kappa shape index (κ1) is 16.4. The monoisotopic (exact) mass is 325 g/mol. The number of ketones is 1. The molecule has 1 N–H and O–H groups in total. The van der Waals surface area contributed by atoms with E-state index in [0.717, 1.165) is 11.1 Å². The van der Waals surface area contributed by atoms with E-state index >= 15 is 0 Å². The van der Waals surface area contributed by atoms with Gasteiger partial charge < -0.3 is 14.8 Å². The first-order valence-electron chi connectivity index (χ1n) is 7.90. The van der Waals surface area contributed by atoms with Crippen LogP contribution < -0.4 is 5.32 Å². The van der Waals surface area contributed by atoms with Gasteiger partial charge in [-0.05, 0) is 11.1 Å². The molecule has 124 valence electrons. The van der Waals surface area contributed by atoms with E-state index in [1.807, 2.05) is 42.5 Å². The van der Waals surface area contributed by atoms with Crippen molar-refractivity contribution < 1.29 is 19.1 Å². The standard InChI is InChI=1S/C19H19NO4/c21-17(12-20-19(22)18-13-23-10-11-24-18)16-8-6-15(7-9-16)14-4-2-1-3-5-14/h1-9,18H,10-13H2,(H,20,22). The number of amides is 1. The molecular weight excluding hydrogens is 306 g/mol. The molecule has 1 amide bonds. The first-order chi connectivity index (χ1) is 11.7. The van der Waals surface area contributed by atoms with Crippen molar-refractivity contribution in [3.05, 3.63) is 60.2 Å². The van der Waals surface area contributed by atoms with Crippen LogP contribution in [0.25, 0.3) is 11.1 Å². The van der Waals surface area contributed by atoms with Crippen LogP contribution in [0.1, 0.15) is 10.4 Å². The Labute approximate surface area is 140 Å². The van der Waals surface area contributed by atoms with Gasteiger partial charge in [0.1, 0.15) is 0 Å². The summed E-state index contributed by atoms with van der Waals surface area (Å²) in [5.74, 6) is -0.455. The van der Waals surface area contributed by atoms with E-state index in [2.05, 4.69) is 5.32 Å². The molecule has 0 aromatic heterocycles. The van der Waals surface area contributed by atoms with Crippen LogP contribution in [0.15, 0.2) is 54.6 Å². The van der Waals surface area contributed by atoms with Gasteiger partial charge in [-0.1, -0.05) is 54.6 Å². The van der Waals surface area contributed by atoms with Crippen molar-refractivity contribution >= 4 is 11.7 Å². The van der Waals surface area contributed by atoms with E-state index in [9.17, 15) is 9.59 Å². The number of ether oxygens (including phenoxy) is 2. The number of benzene rings is 2. The minimum absolute atomic E-state index is 0.0522. The Bertz CT molecular complexity index is 691. The van der Waals surface area contributed by atoms with Gasteiger partial charge in [0.15, 0.2) is 11.9 Å². The zero-order valence-corrected chi connectivity index (χ0v) is 13.2. The van der Waals surface area contributed by atoms with Crippen LogP contribution >= 0.6 is 0 Å². The second-order valence-corrected chi connectivity index (χ2v) is 5.52. The van der Waals surface area contributed by atoms with Crippen molar-refractivity contribution in [3.63, 3.8) is 0 Å². The fourth-order valence-corrected chi connectivity index (χ4v) is 2.50. The third-order valence-corrected chi connectivity index (χ3v) is 3.85. The predicted octanol–water partition coefficient (Wildman–Crippen LogP) is 2.07. The lowest BCUT2D eigenvalue weighted by Gasteiger charge is -2.21. The molecule has 1 heterocycles. The third-order valence-electron chi connectivity index (χ3n) is 3.85. The molecule has 1 aliphatic heterocycles. The highest BCUT2D eigenvalue weighted by atomic mass is 16.6. The van der Waals surface area contributed by atoms with Gasteiger partial charge >= 0.3 is 0 Å². The van der Waals surface area contributed by atoms with Crippen molar-refractivity contribution in [2.24, 2.45) is 0 Å². The van der Waals surface area contributed by atoms with Crippen LogP contribution in [0.4, 0.5) is 0 Å². The Balaban J connectivity index is 1.56. The summed E-state index contributed by atoms with van der Waals surface area (Å²) >= 11 is 0. The Hall–Kier alpha value is -2.50. The summed E-state index contributed by atoms with van der Waals surface area (Å²) in [6.07, 6.45) is -0.632. The summed E-state index contributed by atoms with van der Waals surface area (Å²) < 4.78 is 10.5. The molecule has 2 aromatic rings. The van der Waals surface area contributed by atoms with E-state index < -0.39 is 6.10 Å². The van der Waals surface area contributed by atoms with Gasteiger partial charge in [0.25, 0.3) is 5.91 Å². The quantitative estimate of drug-likeness (QED) is 0.855. The molecule has 24 heavy (non-hydrogen) atoms. The molecule has 0 saturated carbocycles. The Morgan fingerprint density at radius 2 is 1.67 bits per heavy atom. The van der Waals surface area contributed by atoms with Crippen LogP contribution in [0, 0.1) is 0 Å². The summed E-state index contributed by atoms with van der Waals surface area (Å²) in [5.41, 5.74) is 2.71. The normalized spacial score (nSPS) is 17.2. The molecule has 1 atom stereocenters. The van der Waals surface area contributed by atoms with E-state index in [1.165, 1.54) is 0 Å². The van der Waals surface area contributed by atoms with Gasteiger partial charge in [0.05, 0.1) is 26.4 Å². The number of carbonyl (C=O) groups excluding carboxylic acids is 2. The Kier molecular flexibility index (Phi) is 5.36. The molecule has 0 aliphatic carbocycles. The molecule has 1 fully saturated rings. The number of hydrogen-bond donors (Lipinski definition) is 1. The third kappa shape index (κ3) is 4.07. The van der Waals surface area contributed by atoms with E-state index in [1.54, 1.807) is 12.1 Å². The van der Waals surface area contributed by atoms with Crippen LogP contribution in [0.5, 0.6) is 0 Å². The van der Waals surface area contributed by atoms with E-state index in [0.29, 0.717) is 18.8 Å². The zero-order valence-electron chi connectivity index (χ0n) is 13.2. The van der Waals surface area contributed by atoms with Gasteiger partial charge in [0.2, 0.25) is 0 Å². The van der Waals surface area contributed by atoms with Crippen molar-refractivity contribution in [2.75, 3.05) is 26.4 Å². The maximum atomic E-state index is 12.2. The molecule has 5 heteroatoms. The van der Waals surface area contributed by atoms with Crippen molar-refractivity contribution in [2.45, 2.75) is 6.10 Å². The summed E-state index contributed by atoms with van der Waals surface area (Å²) in [4.78, 5) is 24.1. The number of Topliss-reactive ketones (excluding diaryl/α,β-unsaturated/α-hetero) is 1. The average Bonchev–Trinajstić information content (AvgIpc) is 2.67. The molecule has 0 radical (unpaired) electrons. The molecule has 1 unspecified atom stereocenters. The lowest BCUT2D eigenvalue weighted by atomic mass is 10.0. The van der Waals surface area contributed by atoms with Crippen molar-refractivity contribution in [3.8, 4) is 11.1 Å². The molecule has 5 nitrogen and oxygen atoms in total. The lowest BCUT2D eigenvalue weighted by Crippen LogP contribution is -2.44. The van der Waals surface area contributed by atoms with Gasteiger partial charge in [-0.2, -0.15) is 0 Å². The number of hydrogen-bond acceptors (Lipinski definition) is 4. The van der Waals surface area contributed by atoms with Gasteiger partial charge in [-0.15, -0.1) is 0 Å². The summed E-state index contributed by atoms with van der Waals surface area (Å²) in [5, 5.41) is 2.60. The summed E-state index contributed by atoms with van der Waals surface area (Å²) in [6.45, 7) is 1.07. The Morgan fingerprint density at radius 1 is 0.958 bits per heavy atom. The van der Waals surface area contributed by atoms with Crippen LogP contribution in [-0.4, -0.2) is 44.2 Å². The minimum atomic E-state index is -0.632. The van der Waals surface area contributed by atoms with Gasteiger partial charge in [0, 0.05) is 5.56 Å². The number of rotatable bonds is 5. The lowest BCUT2D eigenvalue weighted by molar-refractivity contribution is -0.147. The molecular formula is C19H19NO4. The highest BCUT2D eigenvalue weighted by Gasteiger charge is 2.22. The molecule has 0 spiro atoms. The second kappa shape index (κ2) is 7.86. The minimum Gasteiger partial charge on any atom is -0.376 e. The SMILES string of the molecule is O=C(CNC(=O)C1COCCO1)c1ccc(-c2ccccc2)cc1. The maximum absolute atomic E-state index is 12.2. The van der Waals surface area contributed by atoms with Crippen LogP contribution in [0.2, 0.25) is 0 Å². The maximum Gasteiger partial charge on any atom is 0.251 e. The molecule has 2 aromatic carbocycles. The van der Waals surface area contributed by atoms with Gasteiger partial charge in [-0.25, -0.2) is 0 Å². The number of nitrogens with one attached hydrogen (secondary N) is 1. The topological polar surface area (TPSA) is 64.6 Å². The van der Waals surface area contributed by atoms with Crippen molar-refractivity contribution in [1.29, 1.82) is 0 Å². The largest absolute Gasteiger partial charge is 0.376 e. The molecule has 1 saturated heterocycles. The fourth-order valence-electron chi connectivity index (χ4n) is 2.50. The first-order valence-corrected chi connectivity index (χ1v) is 7.90. The average molecular weight is 325 g/mol. The smallest absolute Gasteiger partial charge is 0.251 e. The highest BCUT2D eigenvalue weighted by molar-refractivity contribution is 6.00. The molecule has 1 aliphatic rings. The van der Waals surface area contributed by atoms with Crippen LogP contribution in [0.3, 0.4) is 0 Å². The van der Waals surface area contributed by atoms with Crippen molar-refractivity contribution in [1.82, 2.24) is 5.32 Å². The van der Waals surface area contributed by atoms with Crippen LogP contribution in [-0.2, 0) is 14.3 Å². The highest BCUT2D eigenvalue weighted by Crippen LogP contribution is 2.19. The molecule has 0 bridgehead atoms. The number of carbonyl (C=O) groups is 2. The van der Waals surface area contributed by atoms with Gasteiger partial charge in [-0.3, -0.25) is 9.59 Å². The Morgan fingerprint density at radius 3 is 2.33 bits per heavy atom. The predicted molar refractivity (Wildman–Crippen MR) is 89.8 cm³/mol. The summed E-state index contributed by atoms with van der Waals surface area (Å²) in [6, 6.07) is 17.3. The molecule has 3 rings (SSSR count). The van der Waals surface area contributed by atoms with E-state index in [4.69, 9.17) is 9.47 Å². The fraction of sp³-hybridized carbons (Fsp3) is 0.263.